The molecule has 0 radical (unpaired) electrons. The number of hydrogen-bond acceptors (Lipinski definition) is 2. The van der Waals surface area contributed by atoms with Crippen molar-refractivity contribution in [1.29, 1.82) is 0 Å². The number of nitrogens with one attached hydrogen (secondary N) is 1. The molecule has 3 nitrogen and oxygen atoms in total. The lowest BCUT2D eigenvalue weighted by molar-refractivity contribution is -0.127. The van der Waals surface area contributed by atoms with Crippen molar-refractivity contribution in [2.45, 2.75) is 57.4 Å². The van der Waals surface area contributed by atoms with Crippen molar-refractivity contribution in [3.63, 3.8) is 0 Å². The number of amides is 1. The predicted molar refractivity (Wildman–Crippen MR) is 105 cm³/mol. The molecule has 3 rings (SSSR count). The third kappa shape index (κ3) is 3.48. The van der Waals surface area contributed by atoms with E-state index in [-0.39, 0.29) is 17.4 Å². The number of rotatable bonds is 6. The molecule has 0 aromatic heterocycles. The van der Waals surface area contributed by atoms with Gasteiger partial charge in [-0.25, -0.2) is 0 Å². The van der Waals surface area contributed by atoms with E-state index in [1.54, 1.807) is 7.11 Å². The summed E-state index contributed by atoms with van der Waals surface area (Å²) < 4.78 is 5.36. The molecule has 26 heavy (non-hydrogen) atoms. The van der Waals surface area contributed by atoms with Crippen molar-refractivity contribution in [3.8, 4) is 5.75 Å². The van der Waals surface area contributed by atoms with Gasteiger partial charge in [0.1, 0.15) is 5.75 Å². The zero-order chi connectivity index (χ0) is 18.6. The molecule has 0 spiro atoms. The van der Waals surface area contributed by atoms with Gasteiger partial charge in [0, 0.05) is 0 Å². The van der Waals surface area contributed by atoms with E-state index in [9.17, 15) is 4.79 Å². The maximum atomic E-state index is 13.4. The third-order valence-electron chi connectivity index (χ3n) is 5.75. The summed E-state index contributed by atoms with van der Waals surface area (Å²) in [5, 5.41) is 3.35. The molecule has 0 saturated heterocycles. The van der Waals surface area contributed by atoms with Gasteiger partial charge in [-0.2, -0.15) is 0 Å². The number of carbonyl (C=O) groups excluding carboxylic acids is 1. The molecule has 0 heterocycles. The highest BCUT2D eigenvalue weighted by Gasteiger charge is 2.43. The number of methoxy groups -OCH3 is 1. The van der Waals surface area contributed by atoms with Crippen molar-refractivity contribution >= 4 is 5.91 Å². The molecule has 138 valence electrons. The lowest BCUT2D eigenvalue weighted by Gasteiger charge is -2.31. The molecule has 1 aliphatic carbocycles. The second kappa shape index (κ2) is 7.94. The fraction of sp³-hybridized carbons (Fsp3) is 0.435. The number of ether oxygens (including phenoxy) is 1. The molecule has 0 bridgehead atoms. The highest BCUT2D eigenvalue weighted by Crippen LogP contribution is 2.42. The second-order valence-electron chi connectivity index (χ2n) is 7.32. The monoisotopic (exact) mass is 351 g/mol. The Kier molecular flexibility index (Phi) is 5.65. The largest absolute Gasteiger partial charge is 0.496 e. The van der Waals surface area contributed by atoms with Crippen LogP contribution in [0, 0.1) is 6.92 Å². The van der Waals surface area contributed by atoms with Crippen molar-refractivity contribution < 1.29 is 9.53 Å². The van der Waals surface area contributed by atoms with Crippen LogP contribution >= 0.6 is 0 Å². The Morgan fingerprint density at radius 2 is 1.85 bits per heavy atom. The first-order valence-electron chi connectivity index (χ1n) is 9.62. The van der Waals surface area contributed by atoms with Crippen LogP contribution in [0.5, 0.6) is 5.75 Å². The standard InChI is InChI=1S/C23H29NO2/c1-4-20(18-12-13-21(26-3)17(2)16-18)24-22(25)23(14-8-9-15-23)19-10-6-5-7-11-19/h5-7,10-13,16,20H,4,8-9,14-15H2,1-3H3,(H,24,25)/t20-/m1/s1. The summed E-state index contributed by atoms with van der Waals surface area (Å²) >= 11 is 0. The first-order chi connectivity index (χ1) is 12.6. The Morgan fingerprint density at radius 3 is 2.42 bits per heavy atom. The number of aryl methyl sites for hydroxylation is 1. The SMILES string of the molecule is CC[C@@H](NC(=O)C1(c2ccccc2)CCCC1)c1ccc(OC)c(C)c1. The Bertz CT molecular complexity index is 748. The first kappa shape index (κ1) is 18.5. The summed E-state index contributed by atoms with van der Waals surface area (Å²) in [5.41, 5.74) is 3.00. The molecular weight excluding hydrogens is 322 g/mol. The van der Waals surface area contributed by atoms with E-state index in [0.717, 1.165) is 54.5 Å². The van der Waals surface area contributed by atoms with Crippen LogP contribution in [0.3, 0.4) is 0 Å². The van der Waals surface area contributed by atoms with E-state index in [0.29, 0.717) is 0 Å². The van der Waals surface area contributed by atoms with Crippen LogP contribution < -0.4 is 10.1 Å². The van der Waals surface area contributed by atoms with Crippen LogP contribution in [0.15, 0.2) is 48.5 Å². The highest BCUT2D eigenvalue weighted by molar-refractivity contribution is 5.89. The number of carbonyl (C=O) groups is 1. The maximum absolute atomic E-state index is 13.4. The van der Waals surface area contributed by atoms with Crippen LogP contribution in [0.4, 0.5) is 0 Å². The molecule has 0 aliphatic heterocycles. The average molecular weight is 351 g/mol. The van der Waals surface area contributed by atoms with Crippen LogP contribution in [0.25, 0.3) is 0 Å². The smallest absolute Gasteiger partial charge is 0.231 e. The highest BCUT2D eigenvalue weighted by atomic mass is 16.5. The van der Waals surface area contributed by atoms with Crippen LogP contribution in [-0.4, -0.2) is 13.0 Å². The van der Waals surface area contributed by atoms with Crippen molar-refractivity contribution in [1.82, 2.24) is 5.32 Å². The van der Waals surface area contributed by atoms with Gasteiger partial charge in [0.15, 0.2) is 0 Å². The van der Waals surface area contributed by atoms with E-state index in [2.05, 4.69) is 36.5 Å². The van der Waals surface area contributed by atoms with E-state index in [1.165, 1.54) is 0 Å². The summed E-state index contributed by atoms with van der Waals surface area (Å²) in [4.78, 5) is 13.4. The van der Waals surface area contributed by atoms with Gasteiger partial charge in [-0.05, 0) is 48.9 Å². The average Bonchev–Trinajstić information content (AvgIpc) is 3.18. The zero-order valence-electron chi connectivity index (χ0n) is 16.0. The summed E-state index contributed by atoms with van der Waals surface area (Å²) in [6.45, 7) is 4.16. The van der Waals surface area contributed by atoms with Crippen molar-refractivity contribution in [3.05, 3.63) is 65.2 Å². The first-order valence-corrected chi connectivity index (χ1v) is 9.62. The van der Waals surface area contributed by atoms with Gasteiger partial charge in [-0.1, -0.05) is 62.2 Å². The normalized spacial score (nSPS) is 16.9. The summed E-state index contributed by atoms with van der Waals surface area (Å²) in [6, 6.07) is 16.5. The summed E-state index contributed by atoms with van der Waals surface area (Å²) in [5.74, 6) is 1.05. The molecule has 1 aliphatic rings. The second-order valence-corrected chi connectivity index (χ2v) is 7.32. The molecule has 0 unspecified atom stereocenters. The molecule has 1 fully saturated rings. The Morgan fingerprint density at radius 1 is 1.15 bits per heavy atom. The van der Waals surface area contributed by atoms with Gasteiger partial charge in [-0.3, -0.25) is 4.79 Å². The van der Waals surface area contributed by atoms with Gasteiger partial charge < -0.3 is 10.1 Å². The lowest BCUT2D eigenvalue weighted by Crippen LogP contribution is -2.44. The molecule has 1 atom stereocenters. The topological polar surface area (TPSA) is 38.3 Å². The minimum Gasteiger partial charge on any atom is -0.496 e. The van der Waals surface area contributed by atoms with E-state index >= 15 is 0 Å². The quantitative estimate of drug-likeness (QED) is 0.788. The zero-order valence-corrected chi connectivity index (χ0v) is 16.0. The van der Waals surface area contributed by atoms with Gasteiger partial charge in [-0.15, -0.1) is 0 Å². The number of hydrogen-bond donors (Lipinski definition) is 1. The van der Waals surface area contributed by atoms with E-state index in [4.69, 9.17) is 4.74 Å². The van der Waals surface area contributed by atoms with Crippen LogP contribution in [0.2, 0.25) is 0 Å². The predicted octanol–water partition coefficient (Wildman–Crippen LogP) is 5.08. The van der Waals surface area contributed by atoms with Crippen molar-refractivity contribution in [2.75, 3.05) is 7.11 Å². The van der Waals surface area contributed by atoms with Crippen LogP contribution in [0.1, 0.15) is 61.8 Å². The van der Waals surface area contributed by atoms with Gasteiger partial charge in [0.05, 0.1) is 18.6 Å². The van der Waals surface area contributed by atoms with E-state index in [1.807, 2.05) is 31.2 Å². The molecule has 2 aromatic carbocycles. The molecule has 1 saturated carbocycles. The minimum absolute atomic E-state index is 0.0216. The molecule has 1 N–H and O–H groups in total. The Hall–Kier alpha value is -2.29. The molecule has 2 aromatic rings. The van der Waals surface area contributed by atoms with Gasteiger partial charge in [0.25, 0.3) is 0 Å². The van der Waals surface area contributed by atoms with Crippen molar-refractivity contribution in [2.24, 2.45) is 0 Å². The maximum Gasteiger partial charge on any atom is 0.231 e. The minimum atomic E-state index is -0.379. The molecule has 3 heteroatoms. The third-order valence-corrected chi connectivity index (χ3v) is 5.75. The van der Waals surface area contributed by atoms with E-state index < -0.39 is 0 Å². The van der Waals surface area contributed by atoms with Gasteiger partial charge in [0.2, 0.25) is 5.91 Å². The summed E-state index contributed by atoms with van der Waals surface area (Å²) in [6.07, 6.45) is 4.95. The molecule has 1 amide bonds. The molecular formula is C23H29NO2. The fourth-order valence-electron chi connectivity index (χ4n) is 4.22. The number of benzene rings is 2. The lowest BCUT2D eigenvalue weighted by atomic mass is 9.77. The van der Waals surface area contributed by atoms with Crippen LogP contribution in [-0.2, 0) is 10.2 Å². The fourth-order valence-corrected chi connectivity index (χ4v) is 4.22. The van der Waals surface area contributed by atoms with Gasteiger partial charge >= 0.3 is 0 Å². The summed E-state index contributed by atoms with van der Waals surface area (Å²) in [7, 11) is 1.69. The Labute approximate surface area is 156 Å². The Balaban J connectivity index is 1.85.